The highest BCUT2D eigenvalue weighted by molar-refractivity contribution is 7.92. The summed E-state index contributed by atoms with van der Waals surface area (Å²) in [5.41, 5.74) is 0.541. The Kier molecular flexibility index (Phi) is 6.31. The molecule has 2 aromatic rings. The van der Waals surface area contributed by atoms with Crippen molar-refractivity contribution in [1.82, 2.24) is 5.32 Å². The highest BCUT2D eigenvalue weighted by Gasteiger charge is 2.28. The van der Waals surface area contributed by atoms with E-state index in [1.54, 1.807) is 24.3 Å². The Bertz CT molecular complexity index is 1030. The summed E-state index contributed by atoms with van der Waals surface area (Å²) in [6.07, 6.45) is 0.940. The molecule has 3 rings (SSSR count). The third-order valence-electron chi connectivity index (χ3n) is 4.75. The molecular weight excluding hydrogens is 408 g/mol. The molecule has 0 saturated heterocycles. The van der Waals surface area contributed by atoms with Crippen LogP contribution in [0.5, 0.6) is 5.75 Å². The zero-order valence-electron chi connectivity index (χ0n) is 17.0. The number of rotatable bonds is 8. The number of nitrogens with one attached hydrogen (secondary N) is 1. The predicted octanol–water partition coefficient (Wildman–Crippen LogP) is 2.34. The first kappa shape index (κ1) is 21.6. The maximum Gasteiger partial charge on any atom is 0.338 e. The van der Waals surface area contributed by atoms with Crippen molar-refractivity contribution in [2.75, 3.05) is 18.5 Å². The second-order valence-corrected chi connectivity index (χ2v) is 8.97. The fraction of sp³-hybridized carbons (Fsp3) is 0.333. The number of hydrogen-bond acceptors (Lipinski definition) is 6. The van der Waals surface area contributed by atoms with Gasteiger partial charge in [0.1, 0.15) is 5.75 Å². The first-order chi connectivity index (χ1) is 14.2. The number of hydrogen-bond donors (Lipinski definition) is 1. The molecule has 0 bridgehead atoms. The number of amides is 1. The molecule has 1 atom stereocenters. The van der Waals surface area contributed by atoms with Crippen LogP contribution in [0, 0.1) is 0 Å². The molecule has 1 aliphatic carbocycles. The first-order valence-corrected chi connectivity index (χ1v) is 10.9. The van der Waals surface area contributed by atoms with Gasteiger partial charge in [-0.25, -0.2) is 13.2 Å². The number of methoxy groups -OCH3 is 1. The van der Waals surface area contributed by atoms with Crippen molar-refractivity contribution in [2.24, 2.45) is 0 Å². The van der Waals surface area contributed by atoms with Gasteiger partial charge in [0.25, 0.3) is 15.9 Å². The zero-order chi connectivity index (χ0) is 21.9. The van der Waals surface area contributed by atoms with Crippen molar-refractivity contribution in [3.8, 4) is 5.75 Å². The van der Waals surface area contributed by atoms with Crippen molar-refractivity contribution in [2.45, 2.75) is 36.8 Å². The molecule has 1 aliphatic rings. The second-order valence-electron chi connectivity index (χ2n) is 7.00. The normalized spacial score (nSPS) is 14.5. The SMILES string of the molecule is COc1ccccc1N(C)S(=O)(=O)c1ccc(C(=O)OC(C)C(=O)NC2CC2)cc1. The van der Waals surface area contributed by atoms with Gasteiger partial charge in [-0.05, 0) is 56.2 Å². The summed E-state index contributed by atoms with van der Waals surface area (Å²) in [7, 11) is -0.983. The minimum atomic E-state index is -3.87. The largest absolute Gasteiger partial charge is 0.495 e. The van der Waals surface area contributed by atoms with Gasteiger partial charge in [-0.2, -0.15) is 0 Å². The van der Waals surface area contributed by atoms with Gasteiger partial charge in [0.05, 0.1) is 23.3 Å². The van der Waals surface area contributed by atoms with Crippen LogP contribution in [0.4, 0.5) is 5.69 Å². The smallest absolute Gasteiger partial charge is 0.338 e. The molecule has 9 heteroatoms. The number of ether oxygens (including phenoxy) is 2. The number of esters is 1. The minimum absolute atomic E-state index is 0.00646. The second kappa shape index (κ2) is 8.74. The lowest BCUT2D eigenvalue weighted by Crippen LogP contribution is -2.37. The lowest BCUT2D eigenvalue weighted by Gasteiger charge is -2.21. The average Bonchev–Trinajstić information content (AvgIpc) is 3.57. The minimum Gasteiger partial charge on any atom is -0.495 e. The summed E-state index contributed by atoms with van der Waals surface area (Å²) in [5.74, 6) is -0.624. The van der Waals surface area contributed by atoms with Crippen LogP contribution in [0.2, 0.25) is 0 Å². The molecule has 1 saturated carbocycles. The Morgan fingerprint density at radius 1 is 1.10 bits per heavy atom. The lowest BCUT2D eigenvalue weighted by atomic mass is 10.2. The monoisotopic (exact) mass is 432 g/mol. The number of anilines is 1. The maximum atomic E-state index is 13.0. The van der Waals surface area contributed by atoms with E-state index < -0.39 is 22.1 Å². The Labute approximate surface area is 175 Å². The standard InChI is InChI=1S/C21H24N2O6S/c1-14(20(24)22-16-10-11-16)29-21(25)15-8-12-17(13-9-15)30(26,27)23(2)18-6-4-5-7-19(18)28-3/h4-9,12-14,16H,10-11H2,1-3H3,(H,22,24). The number of para-hydroxylation sites is 2. The number of carbonyl (C=O) groups excluding carboxylic acids is 2. The van der Waals surface area contributed by atoms with Crippen LogP contribution in [0.3, 0.4) is 0 Å². The number of carbonyl (C=O) groups is 2. The number of benzene rings is 2. The number of sulfonamides is 1. The topological polar surface area (TPSA) is 102 Å². The van der Waals surface area contributed by atoms with E-state index in [0.717, 1.165) is 17.1 Å². The van der Waals surface area contributed by atoms with E-state index in [-0.39, 0.29) is 22.4 Å². The van der Waals surface area contributed by atoms with Gasteiger partial charge in [-0.1, -0.05) is 12.1 Å². The van der Waals surface area contributed by atoms with E-state index in [1.165, 1.54) is 45.3 Å². The molecule has 0 heterocycles. The maximum absolute atomic E-state index is 13.0. The zero-order valence-corrected chi connectivity index (χ0v) is 17.8. The van der Waals surface area contributed by atoms with Gasteiger partial charge in [-0.15, -0.1) is 0 Å². The highest BCUT2D eigenvalue weighted by Crippen LogP contribution is 2.30. The molecule has 2 aromatic carbocycles. The van der Waals surface area contributed by atoms with Gasteiger partial charge in [0, 0.05) is 13.1 Å². The molecule has 8 nitrogen and oxygen atoms in total. The lowest BCUT2D eigenvalue weighted by molar-refractivity contribution is -0.129. The summed E-state index contributed by atoms with van der Waals surface area (Å²) in [5, 5.41) is 2.77. The third-order valence-corrected chi connectivity index (χ3v) is 6.54. The third kappa shape index (κ3) is 4.73. The molecule has 0 spiro atoms. The summed E-state index contributed by atoms with van der Waals surface area (Å²) >= 11 is 0. The van der Waals surface area contributed by atoms with Gasteiger partial charge >= 0.3 is 5.97 Å². The highest BCUT2D eigenvalue weighted by atomic mass is 32.2. The van der Waals surface area contributed by atoms with E-state index in [1.807, 2.05) is 0 Å². The molecule has 0 aromatic heterocycles. The summed E-state index contributed by atoms with van der Waals surface area (Å²) in [4.78, 5) is 24.2. The first-order valence-electron chi connectivity index (χ1n) is 9.47. The van der Waals surface area contributed by atoms with E-state index in [4.69, 9.17) is 9.47 Å². The summed E-state index contributed by atoms with van der Waals surface area (Å²) < 4.78 is 37.4. The van der Waals surface area contributed by atoms with E-state index >= 15 is 0 Å². The summed E-state index contributed by atoms with van der Waals surface area (Å²) in [6, 6.07) is 12.3. The average molecular weight is 432 g/mol. The molecule has 1 unspecified atom stereocenters. The van der Waals surface area contributed by atoms with Crippen molar-refractivity contribution in [1.29, 1.82) is 0 Å². The van der Waals surface area contributed by atoms with Crippen molar-refractivity contribution < 1.29 is 27.5 Å². The molecule has 160 valence electrons. The molecule has 30 heavy (non-hydrogen) atoms. The van der Waals surface area contributed by atoms with Gasteiger partial charge in [0.15, 0.2) is 6.10 Å². The van der Waals surface area contributed by atoms with Crippen LogP contribution in [-0.4, -0.2) is 46.6 Å². The predicted molar refractivity (Wildman–Crippen MR) is 111 cm³/mol. The quantitative estimate of drug-likeness (QED) is 0.643. The molecule has 0 aliphatic heterocycles. The van der Waals surface area contributed by atoms with Crippen molar-refractivity contribution >= 4 is 27.6 Å². The van der Waals surface area contributed by atoms with Crippen LogP contribution in [0.1, 0.15) is 30.1 Å². The molecule has 0 radical (unpaired) electrons. The van der Waals surface area contributed by atoms with E-state index in [0.29, 0.717) is 11.4 Å². The van der Waals surface area contributed by atoms with Crippen LogP contribution in [0.15, 0.2) is 53.4 Å². The summed E-state index contributed by atoms with van der Waals surface area (Å²) in [6.45, 7) is 1.50. The van der Waals surface area contributed by atoms with Crippen LogP contribution in [0.25, 0.3) is 0 Å². The Hall–Kier alpha value is -3.07. The van der Waals surface area contributed by atoms with Crippen LogP contribution >= 0.6 is 0 Å². The van der Waals surface area contributed by atoms with E-state index in [9.17, 15) is 18.0 Å². The Morgan fingerprint density at radius 2 is 1.73 bits per heavy atom. The molecule has 1 N–H and O–H groups in total. The van der Waals surface area contributed by atoms with Crippen LogP contribution in [-0.2, 0) is 19.6 Å². The molecule has 1 amide bonds. The van der Waals surface area contributed by atoms with Gasteiger partial charge < -0.3 is 14.8 Å². The van der Waals surface area contributed by atoms with Crippen molar-refractivity contribution in [3.63, 3.8) is 0 Å². The van der Waals surface area contributed by atoms with E-state index in [2.05, 4.69) is 5.32 Å². The fourth-order valence-electron chi connectivity index (χ4n) is 2.77. The fourth-order valence-corrected chi connectivity index (χ4v) is 3.97. The Morgan fingerprint density at radius 3 is 2.33 bits per heavy atom. The number of nitrogens with zero attached hydrogens (tertiary/aromatic N) is 1. The van der Waals surface area contributed by atoms with Crippen LogP contribution < -0.4 is 14.4 Å². The molecular formula is C21H24N2O6S. The van der Waals surface area contributed by atoms with Gasteiger partial charge in [0.2, 0.25) is 0 Å². The Balaban J connectivity index is 1.72. The molecule has 1 fully saturated rings. The van der Waals surface area contributed by atoms with Crippen molar-refractivity contribution in [3.05, 3.63) is 54.1 Å². The van der Waals surface area contributed by atoms with Gasteiger partial charge in [-0.3, -0.25) is 9.10 Å².